The maximum atomic E-state index is 14.3. The quantitative estimate of drug-likeness (QED) is 0.417. The molecule has 0 fully saturated rings. The van der Waals surface area contributed by atoms with Gasteiger partial charge in [-0.15, -0.1) is 16.3 Å². The molecule has 11 nitrogen and oxygen atoms in total. The van der Waals surface area contributed by atoms with Crippen LogP contribution in [0.5, 0.6) is 0 Å². The SMILES string of the molecule is CC(=O)Nc1nc(CCc2ccc(CNC(=O)NN(C(=O)O)C(=O)O)c(F)c2F)cs1. The zero-order valence-electron chi connectivity index (χ0n) is 15.9. The summed E-state index contributed by atoms with van der Waals surface area (Å²) in [4.78, 5) is 48.1. The summed E-state index contributed by atoms with van der Waals surface area (Å²) in [5, 5.41) is 23.5. The lowest BCUT2D eigenvalue weighted by Crippen LogP contribution is -2.51. The minimum atomic E-state index is -1.95. The molecular formula is C17H17F2N5O6S. The Balaban J connectivity index is 1.96. The Morgan fingerprint density at radius 2 is 1.68 bits per heavy atom. The lowest BCUT2D eigenvalue weighted by atomic mass is 10.0. The number of imide groups is 1. The van der Waals surface area contributed by atoms with Gasteiger partial charge in [-0.05, 0) is 18.4 Å². The van der Waals surface area contributed by atoms with Gasteiger partial charge in [-0.3, -0.25) is 4.79 Å². The maximum absolute atomic E-state index is 14.3. The standard InChI is InChI=1S/C17H17F2N5O6S/c1-8(25)21-15-22-11(7-31-15)5-4-9-2-3-10(13(19)12(9)18)6-20-14(26)23-24(16(27)28)17(29)30/h2-3,7H,4-6H2,1H3,(H,27,28)(H,29,30)(H2,20,23,26)(H,21,22,25). The smallest absolute Gasteiger partial charge is 0.436 e. The monoisotopic (exact) mass is 457 g/mol. The van der Waals surface area contributed by atoms with Gasteiger partial charge in [-0.2, -0.15) is 0 Å². The Labute approximate surface area is 177 Å². The molecule has 0 saturated heterocycles. The fraction of sp³-hybridized carbons (Fsp3) is 0.235. The molecule has 31 heavy (non-hydrogen) atoms. The van der Waals surface area contributed by atoms with Gasteiger partial charge in [0.05, 0.1) is 5.69 Å². The second kappa shape index (κ2) is 10.3. The first kappa shape index (κ1) is 23.5. The van der Waals surface area contributed by atoms with Gasteiger partial charge < -0.3 is 20.8 Å². The van der Waals surface area contributed by atoms with Crippen molar-refractivity contribution in [1.29, 1.82) is 0 Å². The lowest BCUT2D eigenvalue weighted by Gasteiger charge is -2.15. The zero-order chi connectivity index (χ0) is 23.1. The first-order valence-corrected chi connectivity index (χ1v) is 9.44. The number of nitrogens with zero attached hydrogens (tertiary/aromatic N) is 2. The van der Waals surface area contributed by atoms with Crippen molar-refractivity contribution in [2.45, 2.75) is 26.3 Å². The van der Waals surface area contributed by atoms with E-state index < -0.39 is 41.4 Å². The summed E-state index contributed by atoms with van der Waals surface area (Å²) < 4.78 is 28.6. The van der Waals surface area contributed by atoms with Crippen molar-refractivity contribution >= 4 is 40.6 Å². The molecule has 1 heterocycles. The second-order valence-corrected chi connectivity index (χ2v) is 6.89. The Morgan fingerprint density at radius 1 is 1.06 bits per heavy atom. The van der Waals surface area contributed by atoms with Crippen molar-refractivity contribution in [3.05, 3.63) is 46.0 Å². The number of urea groups is 1. The first-order chi connectivity index (χ1) is 14.6. The summed E-state index contributed by atoms with van der Waals surface area (Å²) in [6.45, 7) is 0.821. The molecule has 0 unspecified atom stereocenters. The van der Waals surface area contributed by atoms with Crippen LogP contribution in [0, 0.1) is 11.6 Å². The summed E-state index contributed by atoms with van der Waals surface area (Å²) in [7, 11) is 0. The lowest BCUT2D eigenvalue weighted by molar-refractivity contribution is -0.114. The van der Waals surface area contributed by atoms with E-state index in [1.165, 1.54) is 35.8 Å². The van der Waals surface area contributed by atoms with E-state index in [0.717, 1.165) is 0 Å². The van der Waals surface area contributed by atoms with E-state index in [2.05, 4.69) is 10.3 Å². The molecule has 0 saturated carbocycles. The van der Waals surface area contributed by atoms with Crippen LogP contribution < -0.4 is 16.1 Å². The zero-order valence-corrected chi connectivity index (χ0v) is 16.8. The third-order valence-corrected chi connectivity index (χ3v) is 4.57. The average Bonchev–Trinajstić information content (AvgIpc) is 3.12. The number of hydrogen-bond acceptors (Lipinski definition) is 6. The van der Waals surface area contributed by atoms with E-state index in [9.17, 15) is 28.0 Å². The molecule has 0 atom stereocenters. The first-order valence-electron chi connectivity index (χ1n) is 8.56. The summed E-state index contributed by atoms with van der Waals surface area (Å²) in [5.74, 6) is -2.59. The van der Waals surface area contributed by atoms with Crippen LogP contribution in [0.4, 0.5) is 28.3 Å². The van der Waals surface area contributed by atoms with Crippen molar-refractivity contribution < 1.29 is 38.2 Å². The third-order valence-electron chi connectivity index (χ3n) is 3.76. The number of carbonyl (C=O) groups is 4. The van der Waals surface area contributed by atoms with Crippen LogP contribution in [0.3, 0.4) is 0 Å². The molecular weight excluding hydrogens is 440 g/mol. The van der Waals surface area contributed by atoms with E-state index in [4.69, 9.17) is 10.2 Å². The number of aromatic nitrogens is 1. The van der Waals surface area contributed by atoms with Crippen LogP contribution >= 0.6 is 11.3 Å². The van der Waals surface area contributed by atoms with Crippen LogP contribution in [0.25, 0.3) is 0 Å². The number of anilines is 1. The summed E-state index contributed by atoms with van der Waals surface area (Å²) in [6, 6.07) is 1.33. The number of thiazole rings is 1. The summed E-state index contributed by atoms with van der Waals surface area (Å²) in [5.41, 5.74) is 1.96. The molecule has 0 aliphatic carbocycles. The van der Waals surface area contributed by atoms with Gasteiger partial charge in [0.2, 0.25) is 5.91 Å². The Hall–Kier alpha value is -3.81. The Morgan fingerprint density at radius 3 is 2.29 bits per heavy atom. The summed E-state index contributed by atoms with van der Waals surface area (Å²) >= 11 is 1.21. The van der Waals surface area contributed by atoms with Crippen LogP contribution in [0.1, 0.15) is 23.7 Å². The highest BCUT2D eigenvalue weighted by Crippen LogP contribution is 2.20. The molecule has 2 aromatic rings. The van der Waals surface area contributed by atoms with Gasteiger partial charge in [-0.1, -0.05) is 12.1 Å². The van der Waals surface area contributed by atoms with Crippen molar-refractivity contribution in [2.24, 2.45) is 0 Å². The van der Waals surface area contributed by atoms with Gasteiger partial charge in [0, 0.05) is 24.4 Å². The highest BCUT2D eigenvalue weighted by Gasteiger charge is 2.22. The van der Waals surface area contributed by atoms with E-state index >= 15 is 0 Å². The fourth-order valence-electron chi connectivity index (χ4n) is 2.35. The largest absolute Gasteiger partial charge is 0.463 e. The molecule has 1 aromatic heterocycles. The molecule has 5 N–H and O–H groups in total. The number of amides is 5. The number of hydrazine groups is 1. The molecule has 0 spiro atoms. The Bertz CT molecular complexity index is 1000. The van der Waals surface area contributed by atoms with E-state index in [1.54, 1.807) is 5.38 Å². The van der Waals surface area contributed by atoms with Gasteiger partial charge in [-0.25, -0.2) is 33.6 Å². The predicted octanol–water partition coefficient (Wildman–Crippen LogP) is 2.54. The number of hydrogen-bond donors (Lipinski definition) is 5. The average molecular weight is 457 g/mol. The molecule has 166 valence electrons. The van der Waals surface area contributed by atoms with Gasteiger partial charge >= 0.3 is 18.2 Å². The minimum Gasteiger partial charge on any atom is -0.463 e. The van der Waals surface area contributed by atoms with Crippen LogP contribution in [-0.2, 0) is 24.2 Å². The predicted molar refractivity (Wildman–Crippen MR) is 103 cm³/mol. The third kappa shape index (κ3) is 6.60. The molecule has 0 aliphatic rings. The van der Waals surface area contributed by atoms with Gasteiger partial charge in [0.1, 0.15) is 0 Å². The molecule has 2 rings (SSSR count). The van der Waals surface area contributed by atoms with Crippen LogP contribution in [0.15, 0.2) is 17.5 Å². The van der Waals surface area contributed by atoms with Crippen molar-refractivity contribution in [2.75, 3.05) is 5.32 Å². The topological polar surface area (TPSA) is 161 Å². The van der Waals surface area contributed by atoms with E-state index in [0.29, 0.717) is 17.2 Å². The Kier molecular flexibility index (Phi) is 7.79. The van der Waals surface area contributed by atoms with Gasteiger partial charge in [0.25, 0.3) is 0 Å². The number of carbonyl (C=O) groups excluding carboxylic acids is 2. The van der Waals surface area contributed by atoms with Crippen LogP contribution in [-0.4, -0.2) is 44.3 Å². The maximum Gasteiger partial charge on any atom is 0.436 e. The highest BCUT2D eigenvalue weighted by atomic mass is 32.1. The van der Waals surface area contributed by atoms with E-state index in [1.807, 2.05) is 5.32 Å². The highest BCUT2D eigenvalue weighted by molar-refractivity contribution is 7.13. The minimum absolute atomic E-state index is 0.0720. The molecule has 5 amide bonds. The van der Waals surface area contributed by atoms with Crippen molar-refractivity contribution in [3.63, 3.8) is 0 Å². The van der Waals surface area contributed by atoms with Crippen molar-refractivity contribution in [3.8, 4) is 0 Å². The molecule has 0 bridgehead atoms. The molecule has 0 aliphatic heterocycles. The molecule has 14 heteroatoms. The number of rotatable bonds is 6. The number of halogens is 2. The number of nitrogens with one attached hydrogen (secondary N) is 3. The van der Waals surface area contributed by atoms with E-state index in [-0.39, 0.29) is 23.5 Å². The second-order valence-electron chi connectivity index (χ2n) is 6.03. The summed E-state index contributed by atoms with van der Waals surface area (Å²) in [6.07, 6.45) is -3.47. The molecule has 0 radical (unpaired) electrons. The fourth-order valence-corrected chi connectivity index (χ4v) is 3.14. The van der Waals surface area contributed by atoms with Gasteiger partial charge in [0.15, 0.2) is 16.8 Å². The normalized spacial score (nSPS) is 10.3. The molecule has 1 aromatic carbocycles. The number of aryl methyl sites for hydroxylation is 2. The number of carboxylic acid groups (broad SMARTS) is 2. The number of benzene rings is 1. The van der Waals surface area contributed by atoms with Crippen molar-refractivity contribution in [1.82, 2.24) is 20.7 Å². The van der Waals surface area contributed by atoms with Crippen LogP contribution in [0.2, 0.25) is 0 Å².